The maximum Gasteiger partial charge on any atom is 0.338 e. The van der Waals surface area contributed by atoms with Gasteiger partial charge in [-0.3, -0.25) is 0 Å². The molecule has 0 bridgehead atoms. The van der Waals surface area contributed by atoms with Gasteiger partial charge in [0.25, 0.3) is 0 Å². The molecule has 1 aromatic rings. The standard InChI is InChI=1S/C18H15ClN4O2/c1-2-13(10-25-18(24)14-6-4-3-5-7-14)8-9-23-12-22-17-15(16(23)19)20-11-21-17/h3-7,11-12H,1,8-10H2. The molecular formula is C18H15ClN4O2. The molecule has 0 aromatic heterocycles. The highest BCUT2D eigenvalue weighted by molar-refractivity contribution is 6.31. The molecule has 0 saturated carbocycles. The third-order valence-corrected chi connectivity index (χ3v) is 4.03. The van der Waals surface area contributed by atoms with Crippen LogP contribution in [0.1, 0.15) is 16.8 Å². The van der Waals surface area contributed by atoms with Crippen LogP contribution in [0, 0.1) is 0 Å². The van der Waals surface area contributed by atoms with E-state index in [-0.39, 0.29) is 12.6 Å². The van der Waals surface area contributed by atoms with Gasteiger partial charge >= 0.3 is 5.97 Å². The summed E-state index contributed by atoms with van der Waals surface area (Å²) >= 11 is 6.31. The first-order valence-corrected chi connectivity index (χ1v) is 7.98. The highest BCUT2D eigenvalue weighted by atomic mass is 35.5. The Morgan fingerprint density at radius 2 is 2.04 bits per heavy atom. The number of nitrogens with zero attached hydrogens (tertiary/aromatic N) is 4. The van der Waals surface area contributed by atoms with Crippen LogP contribution in [0.4, 0.5) is 0 Å². The number of halogens is 1. The van der Waals surface area contributed by atoms with Crippen molar-refractivity contribution in [2.45, 2.75) is 13.0 Å². The fourth-order valence-electron chi connectivity index (χ4n) is 2.24. The first-order valence-electron chi connectivity index (χ1n) is 7.60. The lowest BCUT2D eigenvalue weighted by atomic mass is 10.2. The molecule has 0 aliphatic carbocycles. The summed E-state index contributed by atoms with van der Waals surface area (Å²) in [7, 11) is 0. The highest BCUT2D eigenvalue weighted by Crippen LogP contribution is 2.24. The van der Waals surface area contributed by atoms with Crippen LogP contribution in [0.25, 0.3) is 11.5 Å². The number of aryl methyl sites for hydroxylation is 1. The van der Waals surface area contributed by atoms with Crippen LogP contribution in [0.15, 0.2) is 60.9 Å². The number of hydrogen-bond donors (Lipinski definition) is 0. The van der Waals surface area contributed by atoms with E-state index < -0.39 is 0 Å². The predicted molar refractivity (Wildman–Crippen MR) is 93.4 cm³/mol. The van der Waals surface area contributed by atoms with Gasteiger partial charge in [-0.1, -0.05) is 36.4 Å². The van der Waals surface area contributed by atoms with Gasteiger partial charge in [-0.15, -0.1) is 5.73 Å². The van der Waals surface area contributed by atoms with Crippen LogP contribution >= 0.6 is 11.6 Å². The molecule has 7 heteroatoms. The molecular weight excluding hydrogens is 340 g/mol. The fourth-order valence-corrected chi connectivity index (χ4v) is 2.51. The van der Waals surface area contributed by atoms with E-state index >= 15 is 0 Å². The lowest BCUT2D eigenvalue weighted by Crippen LogP contribution is -2.10. The molecule has 0 saturated heterocycles. The van der Waals surface area contributed by atoms with Gasteiger partial charge in [0.15, 0.2) is 5.82 Å². The van der Waals surface area contributed by atoms with Gasteiger partial charge in [-0.25, -0.2) is 19.7 Å². The van der Waals surface area contributed by atoms with Gasteiger partial charge < -0.3 is 9.30 Å². The minimum Gasteiger partial charge on any atom is -0.457 e. The lowest BCUT2D eigenvalue weighted by molar-refractivity contribution is 0.0537. The zero-order valence-electron chi connectivity index (χ0n) is 13.4. The van der Waals surface area contributed by atoms with Gasteiger partial charge in [0.2, 0.25) is 0 Å². The SMILES string of the molecule is C=C=C(CCn1cnc2ncnc-2c1Cl)COC(=O)c1ccccc1. The van der Waals surface area contributed by atoms with Gasteiger partial charge in [-0.2, -0.15) is 0 Å². The molecule has 2 aliphatic rings. The summed E-state index contributed by atoms with van der Waals surface area (Å²) in [6.45, 7) is 4.32. The molecule has 126 valence electrons. The van der Waals surface area contributed by atoms with Gasteiger partial charge in [0, 0.05) is 12.1 Å². The molecule has 3 rings (SSSR count). The summed E-state index contributed by atoms with van der Waals surface area (Å²) in [5, 5.41) is 0.465. The number of fused-ring (bicyclic) bond motifs is 1. The zero-order valence-corrected chi connectivity index (χ0v) is 14.1. The van der Waals surface area contributed by atoms with Crippen molar-refractivity contribution in [1.29, 1.82) is 0 Å². The summed E-state index contributed by atoms with van der Waals surface area (Å²) in [5.74, 6) is 0.131. The summed E-state index contributed by atoms with van der Waals surface area (Å²) in [5.41, 5.74) is 4.65. The van der Waals surface area contributed by atoms with Crippen LogP contribution in [-0.4, -0.2) is 32.1 Å². The van der Waals surface area contributed by atoms with E-state index in [1.807, 2.05) is 6.07 Å². The quantitative estimate of drug-likeness (QED) is 0.385. The van der Waals surface area contributed by atoms with E-state index in [0.717, 1.165) is 5.57 Å². The molecule has 0 fully saturated rings. The van der Waals surface area contributed by atoms with E-state index in [2.05, 4.69) is 27.3 Å². The number of hydrogen-bond acceptors (Lipinski definition) is 5. The number of ether oxygens (including phenoxy) is 1. The van der Waals surface area contributed by atoms with E-state index in [1.165, 1.54) is 6.33 Å². The zero-order chi connectivity index (χ0) is 17.6. The number of benzene rings is 1. The predicted octanol–water partition coefficient (Wildman–Crippen LogP) is 3.39. The molecule has 0 spiro atoms. The minimum atomic E-state index is -0.380. The molecule has 2 aliphatic heterocycles. The molecule has 0 atom stereocenters. The number of aromatic nitrogens is 4. The van der Waals surface area contributed by atoms with Crippen molar-refractivity contribution in [1.82, 2.24) is 19.5 Å². The molecule has 0 N–H and O–H groups in total. The molecule has 0 unspecified atom stereocenters. The largest absolute Gasteiger partial charge is 0.457 e. The molecule has 25 heavy (non-hydrogen) atoms. The van der Waals surface area contributed by atoms with Crippen LogP contribution in [0.3, 0.4) is 0 Å². The Morgan fingerprint density at radius 1 is 1.24 bits per heavy atom. The summed E-state index contributed by atoms with van der Waals surface area (Å²) in [4.78, 5) is 24.3. The molecule has 0 radical (unpaired) electrons. The van der Waals surface area contributed by atoms with Crippen LogP contribution in [0.5, 0.6) is 0 Å². The van der Waals surface area contributed by atoms with Crippen molar-refractivity contribution in [2.24, 2.45) is 0 Å². The van der Waals surface area contributed by atoms with Crippen molar-refractivity contribution in [3.8, 4) is 11.5 Å². The first kappa shape index (κ1) is 16.9. The normalized spacial score (nSPS) is 10.4. The molecule has 0 amide bonds. The average Bonchev–Trinajstić information content (AvgIpc) is 3.13. The summed E-state index contributed by atoms with van der Waals surface area (Å²) < 4.78 is 7.06. The Hall–Kier alpha value is -2.95. The fraction of sp³-hybridized carbons (Fsp3) is 0.167. The Labute approximate surface area is 149 Å². The number of rotatable bonds is 6. The summed E-state index contributed by atoms with van der Waals surface area (Å²) in [6.07, 6.45) is 3.60. The maximum absolute atomic E-state index is 12.0. The van der Waals surface area contributed by atoms with Gasteiger partial charge in [0.05, 0.1) is 11.9 Å². The number of carbonyl (C=O) groups excluding carboxylic acids is 1. The lowest BCUT2D eigenvalue weighted by Gasteiger charge is -2.12. The van der Waals surface area contributed by atoms with Crippen LogP contribution in [0.2, 0.25) is 5.15 Å². The second kappa shape index (κ2) is 7.75. The molecule has 2 heterocycles. The van der Waals surface area contributed by atoms with E-state index in [1.54, 1.807) is 35.2 Å². The van der Waals surface area contributed by atoms with E-state index in [0.29, 0.717) is 35.2 Å². The topological polar surface area (TPSA) is 69.9 Å². The summed E-state index contributed by atoms with van der Waals surface area (Å²) in [6, 6.07) is 8.83. The monoisotopic (exact) mass is 354 g/mol. The van der Waals surface area contributed by atoms with Crippen LogP contribution < -0.4 is 0 Å². The third-order valence-electron chi connectivity index (χ3n) is 3.64. The number of imidazole rings is 1. The second-order valence-electron chi connectivity index (χ2n) is 5.25. The highest BCUT2D eigenvalue weighted by Gasteiger charge is 2.15. The van der Waals surface area contributed by atoms with Crippen molar-refractivity contribution >= 4 is 17.6 Å². The van der Waals surface area contributed by atoms with Crippen molar-refractivity contribution < 1.29 is 9.53 Å². The Morgan fingerprint density at radius 3 is 2.80 bits per heavy atom. The van der Waals surface area contributed by atoms with Crippen molar-refractivity contribution in [2.75, 3.05) is 6.61 Å². The Kier molecular flexibility index (Phi) is 5.23. The first-order chi connectivity index (χ1) is 12.2. The number of carbonyl (C=O) groups is 1. The third kappa shape index (κ3) is 3.94. The molecule has 6 nitrogen and oxygen atoms in total. The maximum atomic E-state index is 12.0. The Balaban J connectivity index is 1.59. The van der Waals surface area contributed by atoms with Crippen molar-refractivity contribution in [3.05, 3.63) is 71.6 Å². The van der Waals surface area contributed by atoms with Gasteiger partial charge in [-0.05, 0) is 18.6 Å². The minimum absolute atomic E-state index is 0.126. The molecule has 1 aromatic carbocycles. The smallest absolute Gasteiger partial charge is 0.338 e. The van der Waals surface area contributed by atoms with Crippen LogP contribution in [-0.2, 0) is 11.3 Å². The van der Waals surface area contributed by atoms with E-state index in [9.17, 15) is 4.79 Å². The number of esters is 1. The second-order valence-corrected chi connectivity index (χ2v) is 5.61. The Bertz CT molecular complexity index is 901. The average molecular weight is 355 g/mol. The van der Waals surface area contributed by atoms with Gasteiger partial charge in [0.1, 0.15) is 23.8 Å². The van der Waals surface area contributed by atoms with Crippen molar-refractivity contribution in [3.63, 3.8) is 0 Å². The van der Waals surface area contributed by atoms with E-state index in [4.69, 9.17) is 16.3 Å².